The fourth-order valence-corrected chi connectivity index (χ4v) is 2.78. The molecule has 3 nitrogen and oxygen atoms in total. The van der Waals surface area contributed by atoms with Gasteiger partial charge in [0.25, 0.3) is 0 Å². The van der Waals surface area contributed by atoms with Gasteiger partial charge in [0.1, 0.15) is 10.6 Å². The molecule has 0 unspecified atom stereocenters. The van der Waals surface area contributed by atoms with E-state index in [1.165, 1.54) is 0 Å². The number of aryl methyl sites for hydroxylation is 2. The minimum Gasteiger partial charge on any atom is -0.378 e. The van der Waals surface area contributed by atoms with Gasteiger partial charge in [0.15, 0.2) is 11.6 Å². The van der Waals surface area contributed by atoms with Crippen molar-refractivity contribution in [3.63, 3.8) is 0 Å². The molecule has 2 rings (SSSR count). The van der Waals surface area contributed by atoms with Gasteiger partial charge in [0, 0.05) is 0 Å². The predicted molar refractivity (Wildman–Crippen MR) is 70.1 cm³/mol. The average Bonchev–Trinajstić information content (AvgIpc) is 2.37. The minimum atomic E-state index is -4.20. The number of para-hydroxylation sites is 1. The highest BCUT2D eigenvalue weighted by Crippen LogP contribution is 2.26. The quantitative estimate of drug-likeness (QED) is 0.816. The maximum atomic E-state index is 13.1. The van der Waals surface area contributed by atoms with E-state index in [0.29, 0.717) is 17.2 Å². The lowest BCUT2D eigenvalue weighted by atomic mass is 10.1. The SMILES string of the molecule is Cc1cccc(C)c1OS(=O)(=O)c1ccc(F)c(F)c1. The van der Waals surface area contributed by atoms with Gasteiger partial charge in [-0.2, -0.15) is 8.42 Å². The van der Waals surface area contributed by atoms with Gasteiger partial charge >= 0.3 is 10.1 Å². The van der Waals surface area contributed by atoms with Gasteiger partial charge in [-0.3, -0.25) is 0 Å². The molecule has 2 aromatic carbocycles. The molecule has 0 spiro atoms. The van der Waals surface area contributed by atoms with Crippen LogP contribution >= 0.6 is 0 Å². The first-order chi connectivity index (χ1) is 9.31. The van der Waals surface area contributed by atoms with Crippen LogP contribution in [0.3, 0.4) is 0 Å². The molecule has 0 saturated carbocycles. The lowest BCUT2D eigenvalue weighted by Gasteiger charge is -2.11. The van der Waals surface area contributed by atoms with Crippen molar-refractivity contribution in [2.75, 3.05) is 0 Å². The molecule has 0 saturated heterocycles. The molecule has 0 bridgehead atoms. The summed E-state index contributed by atoms with van der Waals surface area (Å²) in [7, 11) is -4.20. The topological polar surface area (TPSA) is 43.4 Å². The maximum absolute atomic E-state index is 13.1. The zero-order valence-corrected chi connectivity index (χ0v) is 11.7. The van der Waals surface area contributed by atoms with Gasteiger partial charge in [-0.25, -0.2) is 8.78 Å². The lowest BCUT2D eigenvalue weighted by molar-refractivity contribution is 0.476. The number of hydrogen-bond donors (Lipinski definition) is 0. The van der Waals surface area contributed by atoms with Gasteiger partial charge in [-0.1, -0.05) is 18.2 Å². The normalized spacial score (nSPS) is 11.4. The summed E-state index contributed by atoms with van der Waals surface area (Å²) < 4.78 is 55.1. The highest BCUT2D eigenvalue weighted by Gasteiger charge is 2.20. The Kier molecular flexibility index (Phi) is 3.76. The Morgan fingerprint density at radius 1 is 0.950 bits per heavy atom. The van der Waals surface area contributed by atoms with Crippen molar-refractivity contribution in [2.45, 2.75) is 18.7 Å². The maximum Gasteiger partial charge on any atom is 0.339 e. The molecule has 20 heavy (non-hydrogen) atoms. The first-order valence-electron chi connectivity index (χ1n) is 5.77. The summed E-state index contributed by atoms with van der Waals surface area (Å²) in [6.45, 7) is 3.40. The van der Waals surface area contributed by atoms with Gasteiger partial charge in [0.05, 0.1) is 0 Å². The lowest BCUT2D eigenvalue weighted by Crippen LogP contribution is -2.12. The molecule has 0 amide bonds. The van der Waals surface area contributed by atoms with Crippen LogP contribution in [0.1, 0.15) is 11.1 Å². The molecule has 0 heterocycles. The van der Waals surface area contributed by atoms with E-state index in [1.54, 1.807) is 32.0 Å². The minimum absolute atomic E-state index is 0.192. The van der Waals surface area contributed by atoms with Crippen LogP contribution in [0.2, 0.25) is 0 Å². The largest absolute Gasteiger partial charge is 0.378 e. The van der Waals surface area contributed by atoms with E-state index in [0.717, 1.165) is 12.1 Å². The van der Waals surface area contributed by atoms with Crippen molar-refractivity contribution in [1.29, 1.82) is 0 Å². The molecular weight excluding hydrogens is 286 g/mol. The van der Waals surface area contributed by atoms with Crippen molar-refractivity contribution >= 4 is 10.1 Å². The van der Waals surface area contributed by atoms with Crippen LogP contribution < -0.4 is 4.18 Å². The second-order valence-electron chi connectivity index (χ2n) is 4.33. The third-order valence-electron chi connectivity index (χ3n) is 2.78. The Labute approximate surface area is 115 Å². The van der Waals surface area contributed by atoms with Crippen LogP contribution in [0.4, 0.5) is 8.78 Å². The molecule has 6 heteroatoms. The van der Waals surface area contributed by atoms with Gasteiger partial charge in [-0.15, -0.1) is 0 Å². The zero-order chi connectivity index (χ0) is 14.9. The van der Waals surface area contributed by atoms with Gasteiger partial charge in [-0.05, 0) is 43.2 Å². The molecule has 106 valence electrons. The Morgan fingerprint density at radius 3 is 2.10 bits per heavy atom. The average molecular weight is 298 g/mol. The van der Waals surface area contributed by atoms with Crippen molar-refractivity contribution in [3.8, 4) is 5.75 Å². The molecule has 2 aromatic rings. The molecule has 0 atom stereocenters. The van der Waals surface area contributed by atoms with Crippen LogP contribution in [0, 0.1) is 25.5 Å². The Morgan fingerprint density at radius 2 is 1.55 bits per heavy atom. The molecule has 0 aliphatic rings. The van der Waals surface area contributed by atoms with E-state index in [2.05, 4.69) is 0 Å². The molecule has 0 fully saturated rings. The Hall–Kier alpha value is -1.95. The highest BCUT2D eigenvalue weighted by molar-refractivity contribution is 7.87. The summed E-state index contributed by atoms with van der Waals surface area (Å²) in [6.07, 6.45) is 0. The van der Waals surface area contributed by atoms with E-state index in [-0.39, 0.29) is 5.75 Å². The van der Waals surface area contributed by atoms with Crippen LogP contribution in [0.5, 0.6) is 5.75 Å². The predicted octanol–water partition coefficient (Wildman–Crippen LogP) is 3.35. The van der Waals surface area contributed by atoms with Crippen LogP contribution in [-0.2, 0) is 10.1 Å². The number of benzene rings is 2. The number of rotatable bonds is 3. The first-order valence-corrected chi connectivity index (χ1v) is 7.18. The van der Waals surface area contributed by atoms with Gasteiger partial charge in [0.2, 0.25) is 0 Å². The van der Waals surface area contributed by atoms with Crippen LogP contribution in [-0.4, -0.2) is 8.42 Å². The smallest absolute Gasteiger partial charge is 0.339 e. The van der Waals surface area contributed by atoms with Gasteiger partial charge < -0.3 is 4.18 Å². The second-order valence-corrected chi connectivity index (χ2v) is 5.88. The van der Waals surface area contributed by atoms with E-state index in [9.17, 15) is 17.2 Å². The summed E-state index contributed by atoms with van der Waals surface area (Å²) in [5.41, 5.74) is 1.27. The van der Waals surface area contributed by atoms with Crippen molar-refractivity contribution in [3.05, 3.63) is 59.2 Å². The molecule has 0 radical (unpaired) electrons. The van der Waals surface area contributed by atoms with E-state index >= 15 is 0 Å². The fraction of sp³-hybridized carbons (Fsp3) is 0.143. The molecule has 0 aromatic heterocycles. The number of halogens is 2. The third kappa shape index (κ3) is 2.80. The highest BCUT2D eigenvalue weighted by atomic mass is 32.2. The second kappa shape index (κ2) is 5.20. The summed E-state index contributed by atoms with van der Waals surface area (Å²) in [4.78, 5) is -0.431. The summed E-state index contributed by atoms with van der Waals surface area (Å²) in [5.74, 6) is -2.16. The summed E-state index contributed by atoms with van der Waals surface area (Å²) >= 11 is 0. The zero-order valence-electron chi connectivity index (χ0n) is 10.9. The Balaban J connectivity index is 2.43. The third-order valence-corrected chi connectivity index (χ3v) is 4.00. The van der Waals surface area contributed by atoms with Crippen LogP contribution in [0.15, 0.2) is 41.3 Å². The monoisotopic (exact) mass is 298 g/mol. The van der Waals surface area contributed by atoms with Crippen molar-refractivity contribution in [2.24, 2.45) is 0 Å². The number of hydrogen-bond acceptors (Lipinski definition) is 3. The first kappa shape index (κ1) is 14.5. The fourth-order valence-electron chi connectivity index (χ4n) is 1.72. The molecule has 0 aliphatic heterocycles. The molecule has 0 N–H and O–H groups in total. The Bertz CT molecular complexity index is 735. The summed E-state index contributed by atoms with van der Waals surface area (Å²) in [5, 5.41) is 0. The van der Waals surface area contributed by atoms with Crippen molar-refractivity contribution < 1.29 is 21.4 Å². The molecule has 0 aliphatic carbocycles. The van der Waals surface area contributed by atoms with E-state index < -0.39 is 26.6 Å². The van der Waals surface area contributed by atoms with Crippen LogP contribution in [0.25, 0.3) is 0 Å². The molecular formula is C14H12F2O3S. The van der Waals surface area contributed by atoms with Crippen molar-refractivity contribution in [1.82, 2.24) is 0 Å². The van der Waals surface area contributed by atoms with E-state index in [4.69, 9.17) is 4.18 Å². The standard InChI is InChI=1S/C14H12F2O3S/c1-9-4-3-5-10(2)14(9)19-20(17,18)11-6-7-12(15)13(16)8-11/h3-8H,1-2H3. The van der Waals surface area contributed by atoms with E-state index in [1.807, 2.05) is 0 Å². The summed E-state index contributed by atoms with van der Waals surface area (Å²) in [6, 6.07) is 7.46.